The monoisotopic (exact) mass is 368 g/mol. The first-order chi connectivity index (χ1) is 11.8. The zero-order valence-electron chi connectivity index (χ0n) is 13.7. The zero-order valence-corrected chi connectivity index (χ0v) is 14.5. The van der Waals surface area contributed by atoms with Crippen LogP contribution in [0.4, 0.5) is 4.39 Å². The van der Waals surface area contributed by atoms with Crippen LogP contribution in [0.5, 0.6) is 0 Å². The molecule has 0 aliphatic carbocycles. The molecule has 2 saturated heterocycles. The van der Waals surface area contributed by atoms with Gasteiger partial charge in [-0.1, -0.05) is 24.3 Å². The van der Waals surface area contributed by atoms with Crippen molar-refractivity contribution in [3.63, 3.8) is 0 Å². The lowest BCUT2D eigenvalue weighted by atomic mass is 10.0. The van der Waals surface area contributed by atoms with Gasteiger partial charge in [-0.2, -0.15) is 0 Å². The molecule has 8 heteroatoms. The fraction of sp³-hybridized carbons (Fsp3) is 0.471. The van der Waals surface area contributed by atoms with Gasteiger partial charge in [0, 0.05) is 31.7 Å². The van der Waals surface area contributed by atoms with Crippen molar-refractivity contribution in [1.82, 2.24) is 9.80 Å². The Kier molecular flexibility index (Phi) is 5.21. The zero-order chi connectivity index (χ0) is 18.0. The number of fused-ring (bicyclic) bond motifs is 1. The van der Waals surface area contributed by atoms with Crippen LogP contribution in [0.15, 0.2) is 30.3 Å². The molecule has 2 aliphatic rings. The van der Waals surface area contributed by atoms with Crippen LogP contribution in [0.2, 0.25) is 0 Å². The molecular formula is C17H21FN2O4S. The molecule has 1 N–H and O–H groups in total. The van der Waals surface area contributed by atoms with Crippen molar-refractivity contribution < 1.29 is 22.7 Å². The standard InChI is InChI=1S/C17H21FN2O4S/c18-14-5-3-13(4-6-14)2-1-7-19-8-9-20(10-17(21)22)16-12-25(23,24)11-15(16)19/h1-6,15-16H,7-12H2,(H,21,22)/b2-1+/t15-,16+/m0/s1. The van der Waals surface area contributed by atoms with E-state index in [2.05, 4.69) is 4.90 Å². The maximum Gasteiger partial charge on any atom is 0.317 e. The molecule has 2 atom stereocenters. The van der Waals surface area contributed by atoms with Crippen LogP contribution < -0.4 is 0 Å². The summed E-state index contributed by atoms with van der Waals surface area (Å²) in [6.45, 7) is 1.61. The summed E-state index contributed by atoms with van der Waals surface area (Å²) in [5.41, 5.74) is 0.876. The van der Waals surface area contributed by atoms with E-state index < -0.39 is 15.8 Å². The predicted molar refractivity (Wildman–Crippen MR) is 92.4 cm³/mol. The van der Waals surface area contributed by atoms with Gasteiger partial charge in [0.2, 0.25) is 0 Å². The van der Waals surface area contributed by atoms with Crippen LogP contribution in [0, 0.1) is 5.82 Å². The van der Waals surface area contributed by atoms with Crippen LogP contribution in [-0.4, -0.2) is 79.1 Å². The highest BCUT2D eigenvalue weighted by Gasteiger charge is 2.46. The van der Waals surface area contributed by atoms with Gasteiger partial charge in [0.15, 0.2) is 9.84 Å². The first kappa shape index (κ1) is 18.0. The number of sulfone groups is 1. The van der Waals surface area contributed by atoms with Gasteiger partial charge < -0.3 is 5.11 Å². The molecular weight excluding hydrogens is 347 g/mol. The third-order valence-corrected chi connectivity index (χ3v) is 6.46. The minimum absolute atomic E-state index is 0.0170. The van der Waals surface area contributed by atoms with Crippen molar-refractivity contribution in [1.29, 1.82) is 0 Å². The summed E-state index contributed by atoms with van der Waals surface area (Å²) in [6, 6.07) is 5.69. The van der Waals surface area contributed by atoms with Crippen LogP contribution in [0.3, 0.4) is 0 Å². The Labute approximate surface area is 146 Å². The number of carbonyl (C=O) groups is 1. The molecule has 2 aliphatic heterocycles. The number of rotatable bonds is 5. The summed E-state index contributed by atoms with van der Waals surface area (Å²) in [7, 11) is -3.15. The quantitative estimate of drug-likeness (QED) is 0.825. The maximum atomic E-state index is 12.9. The second-order valence-electron chi connectivity index (χ2n) is 6.52. The number of hydrogen-bond acceptors (Lipinski definition) is 5. The minimum atomic E-state index is -3.15. The Morgan fingerprint density at radius 3 is 2.40 bits per heavy atom. The van der Waals surface area contributed by atoms with E-state index in [1.807, 2.05) is 12.2 Å². The average Bonchev–Trinajstić information content (AvgIpc) is 2.86. The topological polar surface area (TPSA) is 77.9 Å². The largest absolute Gasteiger partial charge is 0.480 e. The molecule has 0 spiro atoms. The van der Waals surface area contributed by atoms with Gasteiger partial charge in [0.25, 0.3) is 0 Å². The fourth-order valence-electron chi connectivity index (χ4n) is 3.59. The SMILES string of the molecule is O=C(O)CN1CCN(C/C=C/c2ccc(F)cc2)[C@H]2CS(=O)(=O)C[C@H]21. The summed E-state index contributed by atoms with van der Waals surface area (Å²) < 4.78 is 37.0. The molecule has 25 heavy (non-hydrogen) atoms. The normalized spacial score (nSPS) is 26.8. The van der Waals surface area contributed by atoms with E-state index in [1.165, 1.54) is 12.1 Å². The number of carboxylic acid groups (broad SMARTS) is 1. The van der Waals surface area contributed by atoms with E-state index in [0.29, 0.717) is 19.6 Å². The molecule has 2 fully saturated rings. The lowest BCUT2D eigenvalue weighted by molar-refractivity contribution is -0.139. The summed E-state index contributed by atoms with van der Waals surface area (Å²) in [6.07, 6.45) is 3.81. The molecule has 1 aromatic carbocycles. The van der Waals surface area contributed by atoms with E-state index in [-0.39, 0.29) is 36.0 Å². The first-order valence-electron chi connectivity index (χ1n) is 8.16. The summed E-state index contributed by atoms with van der Waals surface area (Å²) in [5, 5.41) is 9.03. The van der Waals surface area contributed by atoms with E-state index in [9.17, 15) is 17.6 Å². The number of piperazine rings is 1. The second-order valence-corrected chi connectivity index (χ2v) is 8.68. The molecule has 1 aromatic rings. The van der Waals surface area contributed by atoms with Crippen molar-refractivity contribution in [2.75, 3.05) is 37.7 Å². The lowest BCUT2D eigenvalue weighted by Gasteiger charge is -2.42. The van der Waals surface area contributed by atoms with E-state index in [0.717, 1.165) is 5.56 Å². The molecule has 2 heterocycles. The lowest BCUT2D eigenvalue weighted by Crippen LogP contribution is -2.59. The van der Waals surface area contributed by atoms with Gasteiger partial charge in [-0.15, -0.1) is 0 Å². The number of benzene rings is 1. The predicted octanol–water partition coefficient (Wildman–Crippen LogP) is 0.707. The van der Waals surface area contributed by atoms with E-state index >= 15 is 0 Å². The van der Waals surface area contributed by atoms with Crippen molar-refractivity contribution in [2.24, 2.45) is 0 Å². The number of halogens is 1. The van der Waals surface area contributed by atoms with Crippen LogP contribution in [-0.2, 0) is 14.6 Å². The number of nitrogens with zero attached hydrogens (tertiary/aromatic N) is 2. The highest BCUT2D eigenvalue weighted by atomic mass is 32.2. The first-order valence-corrected chi connectivity index (χ1v) is 9.99. The third-order valence-electron chi connectivity index (χ3n) is 4.76. The molecule has 0 saturated carbocycles. The maximum absolute atomic E-state index is 12.9. The fourth-order valence-corrected chi connectivity index (χ4v) is 5.63. The Hall–Kier alpha value is -1.77. The van der Waals surface area contributed by atoms with E-state index in [1.54, 1.807) is 17.0 Å². The Morgan fingerprint density at radius 2 is 1.76 bits per heavy atom. The summed E-state index contributed by atoms with van der Waals surface area (Å²) >= 11 is 0. The minimum Gasteiger partial charge on any atom is -0.480 e. The average molecular weight is 368 g/mol. The van der Waals surface area contributed by atoms with Gasteiger partial charge >= 0.3 is 5.97 Å². The smallest absolute Gasteiger partial charge is 0.317 e. The van der Waals surface area contributed by atoms with Crippen LogP contribution in [0.1, 0.15) is 5.56 Å². The highest BCUT2D eigenvalue weighted by Crippen LogP contribution is 2.26. The van der Waals surface area contributed by atoms with Crippen molar-refractivity contribution >= 4 is 21.9 Å². The number of carboxylic acids is 1. The van der Waals surface area contributed by atoms with Crippen molar-refractivity contribution in [3.8, 4) is 0 Å². The van der Waals surface area contributed by atoms with Crippen LogP contribution >= 0.6 is 0 Å². The Bertz CT molecular complexity index is 763. The molecule has 0 aromatic heterocycles. The second kappa shape index (κ2) is 7.23. The molecule has 0 unspecified atom stereocenters. The Balaban J connectivity index is 1.68. The van der Waals surface area contributed by atoms with Crippen molar-refractivity contribution in [2.45, 2.75) is 12.1 Å². The molecule has 3 rings (SSSR count). The Morgan fingerprint density at radius 1 is 1.16 bits per heavy atom. The molecule has 6 nitrogen and oxygen atoms in total. The van der Waals surface area contributed by atoms with Gasteiger partial charge in [-0.05, 0) is 17.7 Å². The van der Waals surface area contributed by atoms with Gasteiger partial charge in [0.1, 0.15) is 5.82 Å². The summed E-state index contributed by atoms with van der Waals surface area (Å²) in [4.78, 5) is 14.9. The molecule has 0 bridgehead atoms. The summed E-state index contributed by atoms with van der Waals surface area (Å²) in [5.74, 6) is -1.14. The number of hydrogen-bond donors (Lipinski definition) is 1. The number of aliphatic carboxylic acids is 1. The van der Waals surface area contributed by atoms with Crippen molar-refractivity contribution in [3.05, 3.63) is 41.7 Å². The molecule has 136 valence electrons. The molecule has 0 amide bonds. The molecule has 0 radical (unpaired) electrons. The van der Waals surface area contributed by atoms with Gasteiger partial charge in [-0.25, -0.2) is 12.8 Å². The van der Waals surface area contributed by atoms with Gasteiger partial charge in [0.05, 0.1) is 18.1 Å². The highest BCUT2D eigenvalue weighted by molar-refractivity contribution is 7.91. The van der Waals surface area contributed by atoms with Gasteiger partial charge in [-0.3, -0.25) is 14.6 Å². The van der Waals surface area contributed by atoms with Crippen LogP contribution in [0.25, 0.3) is 6.08 Å². The van der Waals surface area contributed by atoms with E-state index in [4.69, 9.17) is 5.11 Å². The third kappa shape index (κ3) is 4.45.